The fraction of sp³-hybridized carbons (Fsp3) is 0.362. The number of carbonyl (C=O) groups excluding carboxylic acids is 8. The molecule has 0 spiro atoms. The van der Waals surface area contributed by atoms with E-state index in [0.29, 0.717) is 60.2 Å². The van der Waals surface area contributed by atoms with Crippen molar-refractivity contribution in [3.05, 3.63) is 108 Å². The first-order valence-electron chi connectivity index (χ1n) is 21.1. The summed E-state index contributed by atoms with van der Waals surface area (Å²) in [4.78, 5) is 102. The van der Waals surface area contributed by atoms with Crippen molar-refractivity contribution < 1.29 is 52.6 Å². The summed E-state index contributed by atoms with van der Waals surface area (Å²) >= 11 is 0. The van der Waals surface area contributed by atoms with E-state index in [2.05, 4.69) is 16.0 Å². The van der Waals surface area contributed by atoms with Crippen LogP contribution in [-0.2, 0) is 46.7 Å². The molecule has 17 heteroatoms. The number of hydrogen-bond acceptors (Lipinski definition) is 11. The molecular formula is C47H54N6O11. The van der Waals surface area contributed by atoms with Gasteiger partial charge in [0.2, 0.25) is 11.8 Å². The number of Topliss-reactive ketones (excluding diaryl/α,β-unsaturated/α-hetero) is 1. The number of nitrogens with zero attached hydrogens (tertiary/aromatic N) is 2. The van der Waals surface area contributed by atoms with Crippen LogP contribution in [0.5, 0.6) is 5.75 Å². The van der Waals surface area contributed by atoms with Gasteiger partial charge in [-0.3, -0.25) is 28.9 Å². The maximum absolute atomic E-state index is 13.7. The Morgan fingerprint density at radius 1 is 0.797 bits per heavy atom. The van der Waals surface area contributed by atoms with E-state index in [-0.39, 0.29) is 74.1 Å². The van der Waals surface area contributed by atoms with Gasteiger partial charge < -0.3 is 35.9 Å². The second-order valence-electron chi connectivity index (χ2n) is 15.7. The van der Waals surface area contributed by atoms with Gasteiger partial charge in [0.15, 0.2) is 5.78 Å². The number of benzene rings is 3. The van der Waals surface area contributed by atoms with Crippen molar-refractivity contribution in [1.29, 1.82) is 0 Å². The highest BCUT2D eigenvalue weighted by Crippen LogP contribution is 2.27. The molecule has 0 saturated carbocycles. The van der Waals surface area contributed by atoms with Gasteiger partial charge in [-0.2, -0.15) is 0 Å². The highest BCUT2D eigenvalue weighted by atomic mass is 16.6. The lowest BCUT2D eigenvalue weighted by molar-refractivity contribution is -0.137. The van der Waals surface area contributed by atoms with Crippen molar-refractivity contribution in [2.45, 2.75) is 78.0 Å². The molecule has 2 heterocycles. The van der Waals surface area contributed by atoms with Crippen molar-refractivity contribution in [2.75, 3.05) is 25.5 Å². The first kappa shape index (κ1) is 47.7. The molecular weight excluding hydrogens is 825 g/mol. The molecule has 1 aromatic heterocycles. The molecule has 3 aromatic carbocycles. The van der Waals surface area contributed by atoms with Crippen LogP contribution in [0.25, 0.3) is 10.9 Å². The Bertz CT molecular complexity index is 2340. The van der Waals surface area contributed by atoms with Gasteiger partial charge in [-0.15, -0.1) is 0 Å². The van der Waals surface area contributed by atoms with E-state index < -0.39 is 36.0 Å². The minimum Gasteiger partial charge on any atom is -0.489 e. The van der Waals surface area contributed by atoms with Crippen LogP contribution >= 0.6 is 0 Å². The fourth-order valence-corrected chi connectivity index (χ4v) is 7.11. The number of amides is 6. The molecule has 338 valence electrons. The summed E-state index contributed by atoms with van der Waals surface area (Å²) in [6.45, 7) is 4.15. The van der Waals surface area contributed by atoms with E-state index >= 15 is 0 Å². The molecule has 5 N–H and O–H groups in total. The number of imide groups is 1. The van der Waals surface area contributed by atoms with Gasteiger partial charge in [-0.1, -0.05) is 62.7 Å². The predicted octanol–water partition coefficient (Wildman–Crippen LogP) is 5.78. The molecule has 0 fully saturated rings. The lowest BCUT2D eigenvalue weighted by atomic mass is 9.89. The van der Waals surface area contributed by atoms with E-state index in [1.165, 1.54) is 25.3 Å². The number of rotatable bonds is 23. The number of ether oxygens (including phenoxy) is 3. The standard InChI is InChI=1S/C47H54N6O11/c1-30(2)43(51-40(55)14-8-5-9-24-52-41(56)21-22-42(52)57)39(54)26-34(13-10-23-49-46(48)60)44(58)50-35-18-15-32(16-19-35)29-64-47(61)53-37-27-36(63-28-31-11-6-4-7-12-31)20-17-33(37)25-38(53)45(59)62-3/h4,6-7,11-12,15-22,25,27,30,34,43H,5,8-10,13-14,23-24,26,28-29H2,1-3H3,(H,50,58)(H,51,55)(H3,48,49,60)/t34-,43+/m1/s1. The number of primary amides is 1. The lowest BCUT2D eigenvalue weighted by Gasteiger charge is -2.24. The molecule has 5 rings (SSSR count). The number of ketones is 1. The van der Waals surface area contributed by atoms with Gasteiger partial charge in [0.05, 0.1) is 18.7 Å². The monoisotopic (exact) mass is 878 g/mol. The largest absolute Gasteiger partial charge is 0.489 e. The van der Waals surface area contributed by atoms with Crippen molar-refractivity contribution in [1.82, 2.24) is 20.1 Å². The first-order chi connectivity index (χ1) is 30.7. The molecule has 2 atom stereocenters. The molecule has 6 amide bonds. The van der Waals surface area contributed by atoms with Crippen molar-refractivity contribution in [3.8, 4) is 5.75 Å². The zero-order chi connectivity index (χ0) is 46.2. The van der Waals surface area contributed by atoms with Gasteiger partial charge in [0, 0.05) is 61.1 Å². The number of esters is 1. The maximum Gasteiger partial charge on any atom is 0.419 e. The number of hydrogen-bond donors (Lipinski definition) is 4. The molecule has 4 aromatic rings. The minimum atomic E-state index is -0.859. The molecule has 17 nitrogen and oxygen atoms in total. The molecule has 0 aliphatic carbocycles. The van der Waals surface area contributed by atoms with E-state index in [0.717, 1.165) is 15.0 Å². The summed E-state index contributed by atoms with van der Waals surface area (Å²) < 4.78 is 17.7. The van der Waals surface area contributed by atoms with Crippen molar-refractivity contribution in [3.63, 3.8) is 0 Å². The van der Waals surface area contributed by atoms with Crippen LogP contribution in [0.4, 0.5) is 15.3 Å². The van der Waals surface area contributed by atoms with E-state index in [1.807, 2.05) is 30.3 Å². The van der Waals surface area contributed by atoms with Gasteiger partial charge in [-0.05, 0) is 73.1 Å². The molecule has 0 saturated heterocycles. The SMILES string of the molecule is COC(=O)c1cc2ccc(OCc3ccccc3)cc2n1C(=O)OCc1ccc(NC(=O)[C@H](CCCNC(N)=O)CC(=O)[C@@H](NC(=O)CCCCCN2C(=O)C=CC2=O)C(C)C)cc1. The summed E-state index contributed by atoms with van der Waals surface area (Å²) in [6, 6.07) is 21.2. The third-order valence-corrected chi connectivity index (χ3v) is 10.5. The van der Waals surface area contributed by atoms with Crippen LogP contribution in [0.1, 0.15) is 80.4 Å². The normalized spacial score (nSPS) is 13.1. The topological polar surface area (TPSA) is 235 Å². The number of urea groups is 1. The van der Waals surface area contributed by atoms with E-state index in [4.69, 9.17) is 19.9 Å². The Labute approximate surface area is 370 Å². The lowest BCUT2D eigenvalue weighted by Crippen LogP contribution is -2.45. The summed E-state index contributed by atoms with van der Waals surface area (Å²) in [5.74, 6) is -3.18. The van der Waals surface area contributed by atoms with Gasteiger partial charge in [0.25, 0.3) is 11.8 Å². The molecule has 0 radical (unpaired) electrons. The van der Waals surface area contributed by atoms with Crippen molar-refractivity contribution in [2.24, 2.45) is 17.6 Å². The number of carbonyl (C=O) groups is 8. The Morgan fingerprint density at radius 3 is 2.17 bits per heavy atom. The van der Waals surface area contributed by atoms with Crippen LogP contribution in [0, 0.1) is 11.8 Å². The predicted molar refractivity (Wildman–Crippen MR) is 236 cm³/mol. The summed E-state index contributed by atoms with van der Waals surface area (Å²) in [6.07, 6.45) is 3.76. The zero-order valence-electron chi connectivity index (χ0n) is 36.1. The van der Waals surface area contributed by atoms with Crippen LogP contribution in [0.2, 0.25) is 0 Å². The molecule has 0 bridgehead atoms. The van der Waals surface area contributed by atoms with E-state index in [1.54, 1.807) is 56.3 Å². The number of unbranched alkanes of at least 4 members (excludes halogenated alkanes) is 2. The quantitative estimate of drug-likeness (QED) is 0.0396. The first-order valence-corrected chi connectivity index (χ1v) is 21.1. The Hall–Kier alpha value is -7.30. The smallest absolute Gasteiger partial charge is 0.419 e. The second-order valence-corrected chi connectivity index (χ2v) is 15.7. The molecule has 0 unspecified atom stereocenters. The third kappa shape index (κ3) is 13.6. The highest BCUT2D eigenvalue weighted by Gasteiger charge is 2.30. The number of fused-ring (bicyclic) bond motifs is 1. The Kier molecular flexibility index (Phi) is 17.3. The zero-order valence-corrected chi connectivity index (χ0v) is 36.1. The second kappa shape index (κ2) is 23.2. The van der Waals surface area contributed by atoms with Gasteiger partial charge in [0.1, 0.15) is 24.7 Å². The molecule has 1 aliphatic heterocycles. The number of anilines is 1. The maximum atomic E-state index is 13.7. The summed E-state index contributed by atoms with van der Waals surface area (Å²) in [7, 11) is 1.22. The number of nitrogens with one attached hydrogen (secondary N) is 3. The van der Waals surface area contributed by atoms with Crippen LogP contribution in [-0.4, -0.2) is 83.2 Å². The number of methoxy groups -OCH3 is 1. The average Bonchev–Trinajstić information content (AvgIpc) is 3.82. The molecule has 64 heavy (non-hydrogen) atoms. The minimum absolute atomic E-state index is 0.0286. The summed E-state index contributed by atoms with van der Waals surface area (Å²) in [5.41, 5.74) is 7.49. The van der Waals surface area contributed by atoms with E-state index in [9.17, 15) is 38.4 Å². The van der Waals surface area contributed by atoms with Crippen molar-refractivity contribution >= 4 is 64.1 Å². The van der Waals surface area contributed by atoms with Crippen LogP contribution in [0.3, 0.4) is 0 Å². The van der Waals surface area contributed by atoms with Gasteiger partial charge in [-0.25, -0.2) is 19.0 Å². The Balaban J connectivity index is 1.18. The summed E-state index contributed by atoms with van der Waals surface area (Å²) in [5, 5.41) is 8.74. The Morgan fingerprint density at radius 2 is 1.50 bits per heavy atom. The van der Waals surface area contributed by atoms with Crippen LogP contribution < -0.4 is 26.4 Å². The fourth-order valence-electron chi connectivity index (χ4n) is 7.11. The van der Waals surface area contributed by atoms with Gasteiger partial charge >= 0.3 is 18.1 Å². The highest BCUT2D eigenvalue weighted by molar-refractivity contribution is 6.12. The number of aromatic nitrogens is 1. The number of nitrogens with two attached hydrogens (primary N) is 1. The average molecular weight is 879 g/mol. The third-order valence-electron chi connectivity index (χ3n) is 10.5. The molecule has 1 aliphatic rings. The van der Waals surface area contributed by atoms with Crippen LogP contribution in [0.15, 0.2) is 91.0 Å².